The Kier molecular flexibility index (Phi) is 2.73. The molecule has 1 aliphatic rings. The van der Waals surface area contributed by atoms with Gasteiger partial charge in [-0.15, -0.1) is 5.10 Å². The van der Waals surface area contributed by atoms with Gasteiger partial charge in [0.2, 0.25) is 5.91 Å². The van der Waals surface area contributed by atoms with Crippen molar-refractivity contribution in [2.75, 3.05) is 0 Å². The molecule has 17 heavy (non-hydrogen) atoms. The second-order valence-corrected chi connectivity index (χ2v) is 3.59. The predicted molar refractivity (Wildman–Crippen MR) is 53.4 cm³/mol. The molecule has 0 bridgehead atoms. The van der Waals surface area contributed by atoms with Crippen LogP contribution >= 0.6 is 0 Å². The van der Waals surface area contributed by atoms with Crippen molar-refractivity contribution in [2.24, 2.45) is 5.73 Å². The molecular weight excluding hydrogens is 228 g/mol. The molecule has 4 amide bonds. The average molecular weight is 238 g/mol. The number of hydrogen-bond acceptors (Lipinski definition) is 5. The van der Waals surface area contributed by atoms with Gasteiger partial charge in [-0.3, -0.25) is 14.9 Å². The van der Waals surface area contributed by atoms with E-state index >= 15 is 0 Å². The maximum atomic E-state index is 11.3. The number of amides is 4. The first kappa shape index (κ1) is 11.0. The fourth-order valence-electron chi connectivity index (χ4n) is 1.48. The molecule has 90 valence electrons. The van der Waals surface area contributed by atoms with Crippen LogP contribution in [0.25, 0.3) is 0 Å². The molecule has 1 aromatic heterocycles. The molecule has 0 spiro atoms. The van der Waals surface area contributed by atoms with Crippen molar-refractivity contribution in [2.45, 2.75) is 19.0 Å². The Hall–Kier alpha value is -2.45. The molecule has 0 saturated carbocycles. The van der Waals surface area contributed by atoms with E-state index in [9.17, 15) is 14.4 Å². The van der Waals surface area contributed by atoms with Crippen LogP contribution in [0.4, 0.5) is 4.79 Å². The summed E-state index contributed by atoms with van der Waals surface area (Å²) < 4.78 is 1.27. The third-order valence-corrected chi connectivity index (χ3v) is 2.18. The molecule has 9 heteroatoms. The molecular formula is C8H10N6O3. The Balaban J connectivity index is 1.99. The minimum Gasteiger partial charge on any atom is -0.368 e. The number of urea groups is 1. The Morgan fingerprint density at radius 2 is 2.29 bits per heavy atom. The maximum Gasteiger partial charge on any atom is 0.322 e. The van der Waals surface area contributed by atoms with Crippen molar-refractivity contribution in [1.82, 2.24) is 25.6 Å². The Morgan fingerprint density at radius 1 is 1.53 bits per heavy atom. The molecule has 0 radical (unpaired) electrons. The Morgan fingerprint density at radius 3 is 2.88 bits per heavy atom. The van der Waals surface area contributed by atoms with Crippen LogP contribution in [0.1, 0.15) is 5.69 Å². The fraction of sp³-hybridized carbons (Fsp3) is 0.375. The van der Waals surface area contributed by atoms with Crippen LogP contribution in [0.15, 0.2) is 6.20 Å². The predicted octanol–water partition coefficient (Wildman–Crippen LogP) is -2.49. The minimum atomic E-state index is -0.652. The van der Waals surface area contributed by atoms with Crippen LogP contribution in [0.2, 0.25) is 0 Å². The quantitative estimate of drug-likeness (QED) is 0.499. The van der Waals surface area contributed by atoms with Crippen molar-refractivity contribution in [3.05, 3.63) is 11.9 Å². The number of nitrogens with zero attached hydrogens (tertiary/aromatic N) is 3. The Bertz CT molecular complexity index is 481. The van der Waals surface area contributed by atoms with Crippen LogP contribution < -0.4 is 16.4 Å². The molecule has 0 unspecified atom stereocenters. The average Bonchev–Trinajstić information content (AvgIpc) is 2.74. The third-order valence-electron chi connectivity index (χ3n) is 2.18. The maximum absolute atomic E-state index is 11.3. The molecule has 4 N–H and O–H groups in total. The van der Waals surface area contributed by atoms with Crippen molar-refractivity contribution in [3.63, 3.8) is 0 Å². The van der Waals surface area contributed by atoms with E-state index in [1.807, 2.05) is 0 Å². The molecule has 0 aliphatic carbocycles. The second-order valence-electron chi connectivity index (χ2n) is 3.59. The lowest BCUT2D eigenvalue weighted by molar-refractivity contribution is -0.120. The number of rotatable bonds is 4. The molecule has 2 rings (SSSR count). The second kappa shape index (κ2) is 4.20. The van der Waals surface area contributed by atoms with Gasteiger partial charge in [0.1, 0.15) is 12.6 Å². The normalized spacial score (nSPS) is 18.9. The zero-order chi connectivity index (χ0) is 12.4. The van der Waals surface area contributed by atoms with E-state index in [0.29, 0.717) is 5.69 Å². The molecule has 1 saturated heterocycles. The highest BCUT2D eigenvalue weighted by Gasteiger charge is 2.30. The van der Waals surface area contributed by atoms with Crippen molar-refractivity contribution in [3.8, 4) is 0 Å². The van der Waals surface area contributed by atoms with Crippen molar-refractivity contribution >= 4 is 17.8 Å². The number of carbonyl (C=O) groups is 3. The Labute approximate surface area is 95.3 Å². The minimum absolute atomic E-state index is 0.0732. The zero-order valence-corrected chi connectivity index (χ0v) is 8.71. The van der Waals surface area contributed by atoms with Gasteiger partial charge in [-0.2, -0.15) is 0 Å². The van der Waals surface area contributed by atoms with E-state index in [1.54, 1.807) is 0 Å². The van der Waals surface area contributed by atoms with E-state index in [0.717, 1.165) is 0 Å². The lowest BCUT2D eigenvalue weighted by Gasteiger charge is -2.02. The summed E-state index contributed by atoms with van der Waals surface area (Å²) in [6.07, 6.45) is 1.72. The first-order chi connectivity index (χ1) is 8.04. The first-order valence-electron chi connectivity index (χ1n) is 4.83. The van der Waals surface area contributed by atoms with Gasteiger partial charge >= 0.3 is 6.03 Å². The van der Waals surface area contributed by atoms with Gasteiger partial charge in [-0.25, -0.2) is 9.48 Å². The summed E-state index contributed by atoms with van der Waals surface area (Å²) in [6.45, 7) is -0.0732. The number of carbonyl (C=O) groups excluding carboxylic acids is 3. The van der Waals surface area contributed by atoms with Crippen LogP contribution in [-0.2, 0) is 22.6 Å². The van der Waals surface area contributed by atoms with Gasteiger partial charge in [-0.1, -0.05) is 5.21 Å². The zero-order valence-electron chi connectivity index (χ0n) is 8.71. The number of nitrogens with one attached hydrogen (secondary N) is 2. The van der Waals surface area contributed by atoms with Crippen LogP contribution in [0, 0.1) is 0 Å². The molecule has 1 aromatic rings. The highest BCUT2D eigenvalue weighted by Crippen LogP contribution is 2.02. The third kappa shape index (κ3) is 2.56. The van der Waals surface area contributed by atoms with Gasteiger partial charge in [0.05, 0.1) is 5.69 Å². The summed E-state index contributed by atoms with van der Waals surface area (Å²) in [5, 5.41) is 12.0. The van der Waals surface area contributed by atoms with Crippen LogP contribution in [-0.4, -0.2) is 38.9 Å². The van der Waals surface area contributed by atoms with E-state index in [-0.39, 0.29) is 13.0 Å². The number of hydrogen-bond donors (Lipinski definition) is 3. The fourth-order valence-corrected chi connectivity index (χ4v) is 1.48. The number of primary amides is 1. The molecule has 9 nitrogen and oxygen atoms in total. The first-order valence-corrected chi connectivity index (χ1v) is 4.83. The highest BCUT2D eigenvalue weighted by molar-refractivity contribution is 6.04. The molecule has 2 heterocycles. The van der Waals surface area contributed by atoms with E-state index in [4.69, 9.17) is 5.73 Å². The summed E-state index contributed by atoms with van der Waals surface area (Å²) in [6, 6.07) is -1.18. The summed E-state index contributed by atoms with van der Waals surface area (Å²) in [5.41, 5.74) is 5.48. The lowest BCUT2D eigenvalue weighted by atomic mass is 10.2. The topological polar surface area (TPSA) is 132 Å². The van der Waals surface area contributed by atoms with Crippen molar-refractivity contribution < 1.29 is 14.4 Å². The van der Waals surface area contributed by atoms with Crippen LogP contribution in [0.3, 0.4) is 0 Å². The van der Waals surface area contributed by atoms with Gasteiger partial charge in [0, 0.05) is 12.6 Å². The van der Waals surface area contributed by atoms with Gasteiger partial charge in [-0.05, 0) is 0 Å². The van der Waals surface area contributed by atoms with Gasteiger partial charge in [0.15, 0.2) is 0 Å². The molecule has 1 atom stereocenters. The number of aromatic nitrogens is 3. The van der Waals surface area contributed by atoms with E-state index in [1.165, 1.54) is 10.9 Å². The molecule has 0 aromatic carbocycles. The van der Waals surface area contributed by atoms with E-state index < -0.39 is 23.9 Å². The van der Waals surface area contributed by atoms with E-state index in [2.05, 4.69) is 20.9 Å². The molecule has 1 aliphatic heterocycles. The van der Waals surface area contributed by atoms with Gasteiger partial charge in [0.25, 0.3) is 5.91 Å². The SMILES string of the molecule is NC(=O)Cn1cc(C[C@@H]2NC(=O)NC2=O)nn1. The van der Waals surface area contributed by atoms with Crippen LogP contribution in [0.5, 0.6) is 0 Å². The van der Waals surface area contributed by atoms with Gasteiger partial charge < -0.3 is 11.1 Å². The van der Waals surface area contributed by atoms with Crippen molar-refractivity contribution in [1.29, 1.82) is 0 Å². The smallest absolute Gasteiger partial charge is 0.322 e. The highest BCUT2D eigenvalue weighted by atomic mass is 16.2. The summed E-state index contributed by atoms with van der Waals surface area (Å²) in [5.74, 6) is -0.937. The lowest BCUT2D eigenvalue weighted by Crippen LogP contribution is -2.31. The standard InChI is InChI=1S/C8H10N6O3/c9-6(15)3-14-2-4(12-13-14)1-5-7(16)11-8(17)10-5/h2,5H,1,3H2,(H2,9,15)(H2,10,11,16,17)/t5-/m0/s1. The number of imide groups is 1. The monoisotopic (exact) mass is 238 g/mol. The molecule has 1 fully saturated rings. The largest absolute Gasteiger partial charge is 0.368 e. The summed E-state index contributed by atoms with van der Waals surface area (Å²) >= 11 is 0. The summed E-state index contributed by atoms with van der Waals surface area (Å²) in [4.78, 5) is 32.7. The number of nitrogens with two attached hydrogens (primary N) is 1. The summed E-state index contributed by atoms with van der Waals surface area (Å²) in [7, 11) is 0.